The average molecular weight is 421 g/mol. The van der Waals surface area contributed by atoms with Crippen LogP contribution in [0.15, 0.2) is 36.7 Å². The zero-order chi connectivity index (χ0) is 21.9. The lowest BCUT2D eigenvalue weighted by Gasteiger charge is -2.10. The van der Waals surface area contributed by atoms with Crippen LogP contribution < -0.4 is 11.1 Å². The van der Waals surface area contributed by atoms with E-state index < -0.39 is 23.8 Å². The summed E-state index contributed by atoms with van der Waals surface area (Å²) in [5, 5.41) is 20.4. The fourth-order valence-electron chi connectivity index (χ4n) is 2.69. The lowest BCUT2D eigenvalue weighted by molar-refractivity contribution is -0.137. The van der Waals surface area contributed by atoms with E-state index in [1.54, 1.807) is 19.1 Å². The van der Waals surface area contributed by atoms with E-state index in [9.17, 15) is 23.1 Å². The number of hydrogen-bond donors (Lipinski definition) is 3. The maximum atomic E-state index is 12.9. The zero-order valence-corrected chi connectivity index (χ0v) is 15.8. The van der Waals surface area contributed by atoms with Crippen LogP contribution >= 0.6 is 0 Å². The van der Waals surface area contributed by atoms with Crippen LogP contribution in [0.5, 0.6) is 0 Å². The van der Waals surface area contributed by atoms with Gasteiger partial charge in [0, 0.05) is 6.20 Å². The summed E-state index contributed by atoms with van der Waals surface area (Å²) in [6.07, 6.45) is -3.12. The van der Waals surface area contributed by atoms with Crippen molar-refractivity contribution >= 4 is 17.5 Å². The predicted octanol–water partition coefficient (Wildman–Crippen LogP) is 2.04. The SMILES string of the molecule is Cc1cc(Nc2cc(C(F)(F)F)ccn2)nc(-c2cn(CC(O)CC(N)=O)nn2)c1. The number of pyridine rings is 2. The second kappa shape index (κ2) is 8.45. The second-order valence-corrected chi connectivity index (χ2v) is 6.62. The molecule has 3 rings (SSSR count). The zero-order valence-electron chi connectivity index (χ0n) is 15.8. The van der Waals surface area contributed by atoms with Crippen molar-refractivity contribution in [3.63, 3.8) is 0 Å². The Hall–Kier alpha value is -3.54. The fraction of sp³-hybridized carbons (Fsp3) is 0.278. The number of aryl methyl sites for hydroxylation is 1. The number of nitrogens with zero attached hydrogens (tertiary/aromatic N) is 5. The summed E-state index contributed by atoms with van der Waals surface area (Å²) in [6, 6.07) is 5.14. The van der Waals surface area contributed by atoms with Crippen LogP contribution in [0.2, 0.25) is 0 Å². The minimum atomic E-state index is -4.48. The first-order chi connectivity index (χ1) is 14.1. The van der Waals surface area contributed by atoms with Gasteiger partial charge >= 0.3 is 6.18 Å². The number of rotatable bonds is 7. The Kier molecular flexibility index (Phi) is 5.96. The molecule has 0 saturated heterocycles. The van der Waals surface area contributed by atoms with Gasteiger partial charge in [0.15, 0.2) is 0 Å². The molecule has 0 saturated carbocycles. The lowest BCUT2D eigenvalue weighted by atomic mass is 10.2. The number of aliphatic hydroxyl groups is 1. The van der Waals surface area contributed by atoms with E-state index in [0.717, 1.165) is 23.9 Å². The molecule has 0 radical (unpaired) electrons. The quantitative estimate of drug-likeness (QED) is 0.532. The molecule has 1 unspecified atom stereocenters. The standard InChI is InChI=1S/C18H18F3N7O2/c1-10-4-13(14-9-28(27-26-14)8-12(29)7-15(22)30)24-17(5-10)25-16-6-11(2-3-23-16)18(19,20)21/h2-6,9,12,29H,7-8H2,1H3,(H2,22,30)(H,23,24,25). The molecule has 3 heterocycles. The van der Waals surface area contributed by atoms with Crippen molar-refractivity contribution in [3.05, 3.63) is 47.8 Å². The Morgan fingerprint density at radius 2 is 2.03 bits per heavy atom. The summed E-state index contributed by atoms with van der Waals surface area (Å²) in [7, 11) is 0. The summed E-state index contributed by atoms with van der Waals surface area (Å²) in [5.74, 6) is -0.366. The summed E-state index contributed by atoms with van der Waals surface area (Å²) in [5.41, 5.74) is 5.79. The van der Waals surface area contributed by atoms with Crippen LogP contribution in [-0.4, -0.2) is 42.1 Å². The third-order valence-electron chi connectivity index (χ3n) is 3.95. The molecule has 12 heteroatoms. The number of nitrogens with two attached hydrogens (primary N) is 1. The van der Waals surface area contributed by atoms with Crippen LogP contribution in [0.3, 0.4) is 0 Å². The van der Waals surface area contributed by atoms with Gasteiger partial charge in [0.1, 0.15) is 17.3 Å². The Labute approximate surface area is 168 Å². The van der Waals surface area contributed by atoms with Gasteiger partial charge in [-0.1, -0.05) is 5.21 Å². The van der Waals surface area contributed by atoms with Crippen molar-refractivity contribution in [3.8, 4) is 11.4 Å². The molecule has 0 aromatic carbocycles. The highest BCUT2D eigenvalue weighted by Crippen LogP contribution is 2.30. The average Bonchev–Trinajstić information content (AvgIpc) is 3.08. The smallest absolute Gasteiger partial charge is 0.391 e. The van der Waals surface area contributed by atoms with Crippen LogP contribution in [0.1, 0.15) is 17.5 Å². The fourth-order valence-corrected chi connectivity index (χ4v) is 2.69. The van der Waals surface area contributed by atoms with Gasteiger partial charge < -0.3 is 16.2 Å². The number of halogens is 3. The molecule has 1 atom stereocenters. The number of nitrogens with one attached hydrogen (secondary N) is 1. The Balaban J connectivity index is 1.80. The number of alkyl halides is 3. The highest BCUT2D eigenvalue weighted by molar-refractivity contribution is 5.74. The number of amides is 1. The minimum absolute atomic E-state index is 0.00731. The molecule has 4 N–H and O–H groups in total. The molecule has 0 fully saturated rings. The molecule has 0 aliphatic heterocycles. The van der Waals surface area contributed by atoms with E-state index in [1.807, 2.05) is 0 Å². The molecule has 158 valence electrons. The monoisotopic (exact) mass is 421 g/mol. The molecule has 0 spiro atoms. The summed E-state index contributed by atoms with van der Waals surface area (Å²) in [4.78, 5) is 19.1. The summed E-state index contributed by atoms with van der Waals surface area (Å²) >= 11 is 0. The first-order valence-electron chi connectivity index (χ1n) is 8.76. The van der Waals surface area contributed by atoms with Crippen molar-refractivity contribution < 1.29 is 23.1 Å². The number of hydrogen-bond acceptors (Lipinski definition) is 7. The molecular formula is C18H18F3N7O2. The molecular weight excluding hydrogens is 403 g/mol. The highest BCUT2D eigenvalue weighted by Gasteiger charge is 2.30. The van der Waals surface area contributed by atoms with Crippen LogP contribution in [0.4, 0.5) is 24.8 Å². The number of carbonyl (C=O) groups is 1. The van der Waals surface area contributed by atoms with E-state index in [0.29, 0.717) is 11.4 Å². The molecule has 0 aliphatic rings. The van der Waals surface area contributed by atoms with Gasteiger partial charge in [0.05, 0.1) is 36.5 Å². The van der Waals surface area contributed by atoms with Gasteiger partial charge in [0.2, 0.25) is 5.91 Å². The van der Waals surface area contributed by atoms with Gasteiger partial charge in [-0.15, -0.1) is 5.10 Å². The van der Waals surface area contributed by atoms with Gasteiger partial charge in [-0.05, 0) is 36.8 Å². The van der Waals surface area contributed by atoms with E-state index >= 15 is 0 Å². The largest absolute Gasteiger partial charge is 0.416 e. The second-order valence-electron chi connectivity index (χ2n) is 6.62. The maximum Gasteiger partial charge on any atom is 0.416 e. The highest BCUT2D eigenvalue weighted by atomic mass is 19.4. The number of primary amides is 1. The van der Waals surface area contributed by atoms with E-state index in [1.165, 1.54) is 10.9 Å². The van der Waals surface area contributed by atoms with Gasteiger partial charge in [-0.3, -0.25) is 4.79 Å². The third kappa shape index (κ3) is 5.50. The predicted molar refractivity (Wildman–Crippen MR) is 100 cm³/mol. The lowest BCUT2D eigenvalue weighted by Crippen LogP contribution is -2.24. The Morgan fingerprint density at radius 3 is 2.73 bits per heavy atom. The maximum absolute atomic E-state index is 12.9. The summed E-state index contributed by atoms with van der Waals surface area (Å²) < 4.78 is 40.0. The topological polar surface area (TPSA) is 132 Å². The molecule has 0 bridgehead atoms. The Bertz CT molecular complexity index is 1050. The number of aliphatic hydroxyl groups excluding tert-OH is 1. The minimum Gasteiger partial charge on any atom is -0.391 e. The molecule has 30 heavy (non-hydrogen) atoms. The normalized spacial score (nSPS) is 12.6. The first kappa shape index (κ1) is 21.2. The number of anilines is 2. The molecule has 3 aromatic rings. The van der Waals surface area contributed by atoms with E-state index in [-0.39, 0.29) is 24.6 Å². The van der Waals surface area contributed by atoms with Crippen LogP contribution in [0, 0.1) is 6.92 Å². The number of carbonyl (C=O) groups excluding carboxylic acids is 1. The van der Waals surface area contributed by atoms with Crippen molar-refractivity contribution in [1.82, 2.24) is 25.0 Å². The molecule has 3 aromatic heterocycles. The molecule has 9 nitrogen and oxygen atoms in total. The number of aromatic nitrogens is 5. The van der Waals surface area contributed by atoms with Crippen molar-refractivity contribution in [2.45, 2.75) is 32.2 Å². The van der Waals surface area contributed by atoms with Crippen LogP contribution in [-0.2, 0) is 17.5 Å². The van der Waals surface area contributed by atoms with Gasteiger partial charge in [-0.2, -0.15) is 13.2 Å². The van der Waals surface area contributed by atoms with Crippen molar-refractivity contribution in [2.75, 3.05) is 5.32 Å². The van der Waals surface area contributed by atoms with Crippen molar-refractivity contribution in [1.29, 1.82) is 0 Å². The third-order valence-corrected chi connectivity index (χ3v) is 3.95. The van der Waals surface area contributed by atoms with E-state index in [2.05, 4.69) is 25.6 Å². The van der Waals surface area contributed by atoms with Gasteiger partial charge in [0.25, 0.3) is 0 Å². The first-order valence-corrected chi connectivity index (χ1v) is 8.76. The molecule has 1 amide bonds. The molecule has 0 aliphatic carbocycles. The summed E-state index contributed by atoms with van der Waals surface area (Å²) in [6.45, 7) is 1.80. The Morgan fingerprint density at radius 1 is 1.27 bits per heavy atom. The van der Waals surface area contributed by atoms with Gasteiger partial charge in [-0.25, -0.2) is 14.6 Å². The van der Waals surface area contributed by atoms with Crippen molar-refractivity contribution in [2.24, 2.45) is 5.73 Å². The van der Waals surface area contributed by atoms with E-state index in [4.69, 9.17) is 5.73 Å². The van der Waals surface area contributed by atoms with Crippen LogP contribution in [0.25, 0.3) is 11.4 Å².